The minimum Gasteiger partial charge on any atom is -0.487 e. The van der Waals surface area contributed by atoms with Crippen molar-refractivity contribution in [2.75, 3.05) is 13.2 Å². The monoisotopic (exact) mass is 177 g/mol. The van der Waals surface area contributed by atoms with Crippen molar-refractivity contribution in [3.63, 3.8) is 0 Å². The Hall–Kier alpha value is -1.51. The zero-order chi connectivity index (χ0) is 9.10. The maximum Gasteiger partial charge on any atom is 0.257 e. The van der Waals surface area contributed by atoms with Crippen molar-refractivity contribution in [1.82, 2.24) is 4.98 Å². The normalized spacial score (nSPS) is 13.2. The summed E-state index contributed by atoms with van der Waals surface area (Å²) in [4.78, 5) is 4.09. The van der Waals surface area contributed by atoms with E-state index in [1.807, 2.05) is 6.07 Å². The molecule has 68 valence electrons. The van der Waals surface area contributed by atoms with Gasteiger partial charge < -0.3 is 9.47 Å². The molecule has 0 saturated carbocycles. The van der Waals surface area contributed by atoms with E-state index in [-0.39, 0.29) is 0 Å². The molecule has 0 aromatic carbocycles. The topological polar surface area (TPSA) is 31.4 Å². The third-order valence-electron chi connectivity index (χ3n) is 1.91. The Kier molecular flexibility index (Phi) is 2.17. The molecule has 0 aliphatic carbocycles. The molecule has 0 N–H and O–H groups in total. The number of aromatic nitrogens is 1. The third-order valence-corrected chi connectivity index (χ3v) is 1.91. The summed E-state index contributed by atoms with van der Waals surface area (Å²) in [6.45, 7) is 4.77. The van der Waals surface area contributed by atoms with Gasteiger partial charge in [0.05, 0.1) is 6.61 Å². The van der Waals surface area contributed by atoms with Crippen LogP contribution in [0.1, 0.15) is 5.56 Å². The van der Waals surface area contributed by atoms with Gasteiger partial charge in [-0.15, -0.1) is 0 Å². The number of ether oxygens (including phenoxy) is 2. The van der Waals surface area contributed by atoms with E-state index in [4.69, 9.17) is 9.47 Å². The minimum atomic E-state index is 0.465. The van der Waals surface area contributed by atoms with Crippen molar-refractivity contribution in [2.24, 2.45) is 0 Å². The smallest absolute Gasteiger partial charge is 0.257 e. The standard InChI is InChI=1S/C10H11NO2/c1-2-6-13-10-9-8(3-5-11-10)4-7-12-9/h2-3,5H,1,4,6-7H2. The molecular formula is C10H11NO2. The molecule has 0 atom stereocenters. The number of nitrogens with zero attached hydrogens (tertiary/aromatic N) is 1. The first-order valence-electron chi connectivity index (χ1n) is 4.26. The fraction of sp³-hybridized carbons (Fsp3) is 0.300. The molecule has 0 spiro atoms. The second kappa shape index (κ2) is 3.47. The molecule has 0 radical (unpaired) electrons. The summed E-state index contributed by atoms with van der Waals surface area (Å²) in [5.74, 6) is 1.37. The Balaban J connectivity index is 2.25. The maximum atomic E-state index is 5.40. The Bertz CT molecular complexity index is 323. The number of hydrogen-bond donors (Lipinski definition) is 0. The average Bonchev–Trinajstić information content (AvgIpc) is 2.62. The third kappa shape index (κ3) is 1.49. The molecule has 0 unspecified atom stereocenters. The van der Waals surface area contributed by atoms with Crippen LogP contribution in [0.25, 0.3) is 0 Å². The zero-order valence-corrected chi connectivity index (χ0v) is 7.32. The van der Waals surface area contributed by atoms with Gasteiger partial charge in [-0.25, -0.2) is 4.98 Å². The van der Waals surface area contributed by atoms with Crippen LogP contribution >= 0.6 is 0 Å². The van der Waals surface area contributed by atoms with Crippen LogP contribution in [0.2, 0.25) is 0 Å². The molecule has 13 heavy (non-hydrogen) atoms. The zero-order valence-electron chi connectivity index (χ0n) is 7.32. The van der Waals surface area contributed by atoms with Gasteiger partial charge in [-0.05, 0) is 6.07 Å². The molecule has 1 aromatic rings. The van der Waals surface area contributed by atoms with Gasteiger partial charge in [0, 0.05) is 18.2 Å². The van der Waals surface area contributed by atoms with E-state index < -0.39 is 0 Å². The molecule has 1 aliphatic rings. The summed E-state index contributed by atoms with van der Waals surface area (Å²) < 4.78 is 10.7. The van der Waals surface area contributed by atoms with Crippen LogP contribution in [-0.4, -0.2) is 18.2 Å². The fourth-order valence-corrected chi connectivity index (χ4v) is 1.32. The van der Waals surface area contributed by atoms with Crippen LogP contribution in [0.5, 0.6) is 11.6 Å². The predicted molar refractivity (Wildman–Crippen MR) is 49.1 cm³/mol. The van der Waals surface area contributed by atoms with Crippen molar-refractivity contribution in [2.45, 2.75) is 6.42 Å². The predicted octanol–water partition coefficient (Wildman–Crippen LogP) is 1.58. The summed E-state index contributed by atoms with van der Waals surface area (Å²) >= 11 is 0. The first kappa shape index (κ1) is 8.10. The summed E-state index contributed by atoms with van der Waals surface area (Å²) in [5, 5.41) is 0. The molecule has 3 heteroatoms. The molecule has 2 rings (SSSR count). The van der Waals surface area contributed by atoms with E-state index in [0.717, 1.165) is 18.8 Å². The van der Waals surface area contributed by atoms with Crippen LogP contribution in [0, 0.1) is 0 Å². The first-order chi connectivity index (χ1) is 6.42. The van der Waals surface area contributed by atoms with E-state index >= 15 is 0 Å². The van der Waals surface area contributed by atoms with Gasteiger partial charge in [0.2, 0.25) is 0 Å². The Morgan fingerprint density at radius 1 is 1.69 bits per heavy atom. The molecule has 1 aromatic heterocycles. The van der Waals surface area contributed by atoms with Crippen LogP contribution < -0.4 is 9.47 Å². The quantitative estimate of drug-likeness (QED) is 0.657. The lowest BCUT2D eigenvalue weighted by Gasteiger charge is -2.06. The van der Waals surface area contributed by atoms with E-state index in [0.29, 0.717) is 12.5 Å². The highest BCUT2D eigenvalue weighted by Crippen LogP contribution is 2.33. The summed E-state index contributed by atoms with van der Waals surface area (Å²) in [5.41, 5.74) is 1.18. The highest BCUT2D eigenvalue weighted by atomic mass is 16.5. The van der Waals surface area contributed by atoms with Crippen molar-refractivity contribution in [3.05, 3.63) is 30.5 Å². The lowest BCUT2D eigenvalue weighted by atomic mass is 10.2. The highest BCUT2D eigenvalue weighted by molar-refractivity contribution is 5.43. The van der Waals surface area contributed by atoms with Crippen LogP contribution in [0.4, 0.5) is 0 Å². The summed E-state index contributed by atoms with van der Waals surface area (Å²) in [6.07, 6.45) is 4.38. The van der Waals surface area contributed by atoms with Crippen LogP contribution in [0.3, 0.4) is 0 Å². The van der Waals surface area contributed by atoms with Gasteiger partial charge in [-0.1, -0.05) is 12.7 Å². The summed E-state index contributed by atoms with van der Waals surface area (Å²) in [7, 11) is 0. The number of pyridine rings is 1. The minimum absolute atomic E-state index is 0.465. The Morgan fingerprint density at radius 2 is 2.62 bits per heavy atom. The second-order valence-electron chi connectivity index (χ2n) is 2.80. The van der Waals surface area contributed by atoms with Gasteiger partial charge in [0.1, 0.15) is 6.61 Å². The molecule has 0 bridgehead atoms. The van der Waals surface area contributed by atoms with Gasteiger partial charge in [-0.3, -0.25) is 0 Å². The Morgan fingerprint density at radius 3 is 3.46 bits per heavy atom. The van der Waals surface area contributed by atoms with Gasteiger partial charge in [0.25, 0.3) is 5.88 Å². The van der Waals surface area contributed by atoms with E-state index in [1.165, 1.54) is 5.56 Å². The van der Waals surface area contributed by atoms with Crippen molar-refractivity contribution < 1.29 is 9.47 Å². The molecule has 0 amide bonds. The van der Waals surface area contributed by atoms with Crippen LogP contribution in [0.15, 0.2) is 24.9 Å². The van der Waals surface area contributed by atoms with Crippen molar-refractivity contribution in [1.29, 1.82) is 0 Å². The van der Waals surface area contributed by atoms with Gasteiger partial charge >= 0.3 is 0 Å². The molecule has 1 aliphatic heterocycles. The molecular weight excluding hydrogens is 166 g/mol. The molecule has 0 fully saturated rings. The van der Waals surface area contributed by atoms with E-state index in [9.17, 15) is 0 Å². The molecule has 2 heterocycles. The van der Waals surface area contributed by atoms with Crippen molar-refractivity contribution in [3.8, 4) is 11.6 Å². The molecule has 3 nitrogen and oxygen atoms in total. The largest absolute Gasteiger partial charge is 0.487 e. The number of hydrogen-bond acceptors (Lipinski definition) is 3. The number of fused-ring (bicyclic) bond motifs is 1. The van der Waals surface area contributed by atoms with E-state index in [2.05, 4.69) is 11.6 Å². The lowest BCUT2D eigenvalue weighted by molar-refractivity contribution is 0.300. The lowest BCUT2D eigenvalue weighted by Crippen LogP contribution is -1.97. The van der Waals surface area contributed by atoms with Gasteiger partial charge in [-0.2, -0.15) is 0 Å². The second-order valence-corrected chi connectivity index (χ2v) is 2.80. The number of rotatable bonds is 3. The average molecular weight is 177 g/mol. The Labute approximate surface area is 77.0 Å². The fourth-order valence-electron chi connectivity index (χ4n) is 1.32. The highest BCUT2D eigenvalue weighted by Gasteiger charge is 2.17. The van der Waals surface area contributed by atoms with E-state index in [1.54, 1.807) is 12.3 Å². The SMILES string of the molecule is C=CCOc1nccc2c1OCC2. The van der Waals surface area contributed by atoms with Crippen molar-refractivity contribution >= 4 is 0 Å². The summed E-state index contributed by atoms with van der Waals surface area (Å²) in [6, 6.07) is 1.96. The van der Waals surface area contributed by atoms with Crippen LogP contribution in [-0.2, 0) is 6.42 Å². The first-order valence-corrected chi connectivity index (χ1v) is 4.26. The molecule has 0 saturated heterocycles. The van der Waals surface area contributed by atoms with Gasteiger partial charge in [0.15, 0.2) is 5.75 Å². The maximum absolute atomic E-state index is 5.40.